The van der Waals surface area contributed by atoms with Crippen molar-refractivity contribution < 1.29 is 4.79 Å². The monoisotopic (exact) mass is 418 g/mol. The first kappa shape index (κ1) is 19.7. The molecule has 0 radical (unpaired) electrons. The van der Waals surface area contributed by atoms with Gasteiger partial charge in [0.1, 0.15) is 0 Å². The second-order valence-corrected chi connectivity index (χ2v) is 9.79. The summed E-state index contributed by atoms with van der Waals surface area (Å²) in [5.74, 6) is 0.227. The van der Waals surface area contributed by atoms with Crippen LogP contribution in [-0.2, 0) is 0 Å². The number of benzene rings is 1. The number of carbonyl (C=O) groups is 1. The summed E-state index contributed by atoms with van der Waals surface area (Å²) in [5.41, 5.74) is 2.67. The van der Waals surface area contributed by atoms with Crippen LogP contribution >= 0.6 is 11.3 Å². The molecule has 0 unspecified atom stereocenters. The van der Waals surface area contributed by atoms with Gasteiger partial charge in [-0.1, -0.05) is 62.8 Å². The Hall–Kier alpha value is -2.20. The van der Waals surface area contributed by atoms with Crippen molar-refractivity contribution in [1.29, 1.82) is 0 Å². The van der Waals surface area contributed by atoms with Crippen LogP contribution in [0.5, 0.6) is 0 Å². The summed E-state index contributed by atoms with van der Waals surface area (Å²) < 4.78 is 0. The van der Waals surface area contributed by atoms with Gasteiger partial charge in [-0.25, -0.2) is 4.98 Å². The zero-order valence-corrected chi connectivity index (χ0v) is 18.4. The Morgan fingerprint density at radius 1 is 0.867 bits per heavy atom. The summed E-state index contributed by atoms with van der Waals surface area (Å²) in [4.78, 5) is 22.5. The van der Waals surface area contributed by atoms with Gasteiger partial charge in [-0.05, 0) is 49.3 Å². The summed E-state index contributed by atoms with van der Waals surface area (Å²) in [5, 5.41) is 3.06. The third kappa shape index (κ3) is 3.90. The van der Waals surface area contributed by atoms with E-state index in [0.717, 1.165) is 52.7 Å². The highest BCUT2D eigenvalue weighted by molar-refractivity contribution is 7.13. The van der Waals surface area contributed by atoms with E-state index in [9.17, 15) is 4.79 Å². The SMILES string of the molecule is O=C(c1cc(-c2cccs2)nc2ccccc12)N(C1CCCCC1)C1CCCCC1. The minimum Gasteiger partial charge on any atom is -0.333 e. The Morgan fingerprint density at radius 3 is 2.17 bits per heavy atom. The second kappa shape index (κ2) is 8.89. The molecule has 1 amide bonds. The van der Waals surface area contributed by atoms with Crippen molar-refractivity contribution >= 4 is 28.1 Å². The number of amides is 1. The molecule has 2 aromatic heterocycles. The lowest BCUT2D eigenvalue weighted by molar-refractivity contribution is 0.0450. The van der Waals surface area contributed by atoms with Gasteiger partial charge in [0.2, 0.25) is 0 Å². The maximum absolute atomic E-state index is 14.2. The highest BCUT2D eigenvalue weighted by atomic mass is 32.1. The van der Waals surface area contributed by atoms with Crippen LogP contribution in [-0.4, -0.2) is 27.9 Å². The van der Waals surface area contributed by atoms with Gasteiger partial charge < -0.3 is 4.90 Å². The van der Waals surface area contributed by atoms with Crippen molar-refractivity contribution in [2.24, 2.45) is 0 Å². The van der Waals surface area contributed by atoms with Gasteiger partial charge in [0, 0.05) is 17.5 Å². The summed E-state index contributed by atoms with van der Waals surface area (Å²) in [6.45, 7) is 0. The lowest BCUT2D eigenvalue weighted by Crippen LogP contribution is -2.48. The second-order valence-electron chi connectivity index (χ2n) is 8.85. The fraction of sp³-hybridized carbons (Fsp3) is 0.462. The van der Waals surface area contributed by atoms with Crippen LogP contribution in [0.4, 0.5) is 0 Å². The molecule has 156 valence electrons. The molecule has 0 bridgehead atoms. The average molecular weight is 419 g/mol. The molecule has 30 heavy (non-hydrogen) atoms. The van der Waals surface area contributed by atoms with Crippen molar-refractivity contribution in [3.8, 4) is 10.6 Å². The highest BCUT2D eigenvalue weighted by Crippen LogP contribution is 2.34. The van der Waals surface area contributed by atoms with E-state index in [1.807, 2.05) is 18.2 Å². The molecule has 2 saturated carbocycles. The van der Waals surface area contributed by atoms with Crippen molar-refractivity contribution in [2.75, 3.05) is 0 Å². The van der Waals surface area contributed by atoms with E-state index >= 15 is 0 Å². The summed E-state index contributed by atoms with van der Waals surface area (Å²) in [6, 6.07) is 15.1. The minimum atomic E-state index is 0.227. The van der Waals surface area contributed by atoms with Crippen LogP contribution in [0.2, 0.25) is 0 Å². The number of nitrogens with zero attached hydrogens (tertiary/aromatic N) is 2. The molecule has 3 aromatic rings. The van der Waals surface area contributed by atoms with Crippen LogP contribution in [0.1, 0.15) is 74.6 Å². The Balaban J connectivity index is 1.59. The minimum absolute atomic E-state index is 0.227. The van der Waals surface area contributed by atoms with E-state index in [4.69, 9.17) is 4.98 Å². The number of rotatable bonds is 4. The Morgan fingerprint density at radius 2 is 1.53 bits per heavy atom. The highest BCUT2D eigenvalue weighted by Gasteiger charge is 2.34. The molecular formula is C26H30N2OS. The zero-order chi connectivity index (χ0) is 20.3. The molecule has 0 atom stereocenters. The van der Waals surface area contributed by atoms with Gasteiger partial charge in [0.05, 0.1) is 21.7 Å². The van der Waals surface area contributed by atoms with Crippen molar-refractivity contribution in [3.05, 3.63) is 53.4 Å². The van der Waals surface area contributed by atoms with Gasteiger partial charge in [-0.3, -0.25) is 4.79 Å². The lowest BCUT2D eigenvalue weighted by Gasteiger charge is -2.42. The van der Waals surface area contributed by atoms with Crippen molar-refractivity contribution in [1.82, 2.24) is 9.88 Å². The Labute approximate surface area is 183 Å². The van der Waals surface area contributed by atoms with E-state index in [1.165, 1.54) is 38.5 Å². The molecule has 4 heteroatoms. The number of hydrogen-bond donors (Lipinski definition) is 0. The first-order chi connectivity index (χ1) is 14.8. The molecule has 0 saturated heterocycles. The third-order valence-corrected chi connectivity index (χ3v) is 7.78. The summed E-state index contributed by atoms with van der Waals surface area (Å²) in [7, 11) is 0. The van der Waals surface area contributed by atoms with Crippen LogP contribution in [0.3, 0.4) is 0 Å². The Kier molecular flexibility index (Phi) is 5.85. The first-order valence-corrected chi connectivity index (χ1v) is 12.5. The van der Waals surface area contributed by atoms with Crippen LogP contribution in [0, 0.1) is 0 Å². The molecule has 2 heterocycles. The van der Waals surface area contributed by atoms with E-state index < -0.39 is 0 Å². The predicted octanol–water partition coefficient (Wildman–Crippen LogP) is 7.07. The molecule has 2 fully saturated rings. The van der Waals surface area contributed by atoms with Crippen LogP contribution < -0.4 is 0 Å². The van der Waals surface area contributed by atoms with E-state index in [2.05, 4.69) is 34.5 Å². The van der Waals surface area contributed by atoms with Gasteiger partial charge >= 0.3 is 0 Å². The third-order valence-electron chi connectivity index (χ3n) is 6.89. The fourth-order valence-corrected chi connectivity index (χ4v) is 6.08. The van der Waals surface area contributed by atoms with Gasteiger partial charge in [-0.15, -0.1) is 11.3 Å². The number of thiophene rings is 1. The zero-order valence-electron chi connectivity index (χ0n) is 17.6. The number of para-hydroxylation sites is 1. The average Bonchev–Trinajstić information content (AvgIpc) is 3.35. The topological polar surface area (TPSA) is 33.2 Å². The quantitative estimate of drug-likeness (QED) is 0.454. The molecular weight excluding hydrogens is 388 g/mol. The molecule has 0 N–H and O–H groups in total. The van der Waals surface area contributed by atoms with E-state index in [1.54, 1.807) is 11.3 Å². The standard InChI is InChI=1S/C26H30N2OS/c29-26(28(19-10-3-1-4-11-19)20-12-5-2-6-13-20)22-18-24(25-16-9-17-30-25)27-23-15-8-7-14-21(22)23/h7-9,14-20H,1-6,10-13H2. The van der Waals surface area contributed by atoms with Crippen LogP contribution in [0.25, 0.3) is 21.5 Å². The molecule has 1 aromatic carbocycles. The number of aromatic nitrogens is 1. The van der Waals surface area contributed by atoms with Crippen molar-refractivity contribution in [3.63, 3.8) is 0 Å². The number of hydrogen-bond acceptors (Lipinski definition) is 3. The largest absolute Gasteiger partial charge is 0.333 e. The molecule has 2 aliphatic carbocycles. The van der Waals surface area contributed by atoms with E-state index in [-0.39, 0.29) is 5.91 Å². The maximum atomic E-state index is 14.2. The normalized spacial score (nSPS) is 18.5. The smallest absolute Gasteiger partial charge is 0.255 e. The van der Waals surface area contributed by atoms with E-state index in [0.29, 0.717) is 12.1 Å². The van der Waals surface area contributed by atoms with Gasteiger partial charge in [0.15, 0.2) is 0 Å². The molecule has 3 nitrogen and oxygen atoms in total. The van der Waals surface area contributed by atoms with Gasteiger partial charge in [0.25, 0.3) is 5.91 Å². The number of pyridine rings is 1. The summed E-state index contributed by atoms with van der Waals surface area (Å²) in [6.07, 6.45) is 12.2. The van der Waals surface area contributed by atoms with Gasteiger partial charge in [-0.2, -0.15) is 0 Å². The first-order valence-electron chi connectivity index (χ1n) is 11.6. The Bertz CT molecular complexity index is 983. The number of fused-ring (bicyclic) bond motifs is 1. The molecule has 0 aliphatic heterocycles. The number of carbonyl (C=O) groups excluding carboxylic acids is 1. The van der Waals surface area contributed by atoms with Crippen molar-refractivity contribution in [2.45, 2.75) is 76.3 Å². The van der Waals surface area contributed by atoms with Crippen LogP contribution in [0.15, 0.2) is 47.8 Å². The molecule has 2 aliphatic rings. The molecule has 0 spiro atoms. The maximum Gasteiger partial charge on any atom is 0.255 e. The predicted molar refractivity (Wildman–Crippen MR) is 125 cm³/mol. The summed E-state index contributed by atoms with van der Waals surface area (Å²) >= 11 is 1.68. The molecule has 5 rings (SSSR count). The fourth-order valence-electron chi connectivity index (χ4n) is 5.39. The lowest BCUT2D eigenvalue weighted by atomic mass is 9.88.